The first-order valence-corrected chi connectivity index (χ1v) is 18.1. The van der Waals surface area contributed by atoms with E-state index in [0.29, 0.717) is 29.8 Å². The molecule has 0 spiro atoms. The second kappa shape index (κ2) is 11.9. The molecule has 8 nitrogen and oxygen atoms in total. The van der Waals surface area contributed by atoms with Crippen LogP contribution in [0, 0.1) is 0 Å². The van der Waals surface area contributed by atoms with Crippen LogP contribution in [0.25, 0.3) is 33.7 Å². The summed E-state index contributed by atoms with van der Waals surface area (Å²) in [6, 6.07) is 21.6. The first-order chi connectivity index (χ1) is 20.6. The predicted molar refractivity (Wildman–Crippen MR) is 177 cm³/mol. The summed E-state index contributed by atoms with van der Waals surface area (Å²) in [7, 11) is -4.79. The van der Waals surface area contributed by atoms with Gasteiger partial charge in [0.2, 0.25) is 0 Å². The summed E-state index contributed by atoms with van der Waals surface area (Å²) in [5, 5.41) is 0.828. The maximum atomic E-state index is 13.9. The number of hydrogen-bond donors (Lipinski definition) is 0. The van der Waals surface area contributed by atoms with E-state index >= 15 is 0 Å². The van der Waals surface area contributed by atoms with Gasteiger partial charge in [-0.05, 0) is 85.6 Å². The molecule has 0 aliphatic carbocycles. The number of carbonyl (C=O) groups excluding carboxylic acids is 1. The van der Waals surface area contributed by atoms with Gasteiger partial charge in [0.25, 0.3) is 5.91 Å². The van der Waals surface area contributed by atoms with Gasteiger partial charge >= 0.3 is 0 Å². The number of fused-ring (bicyclic) bond motifs is 1. The van der Waals surface area contributed by atoms with Crippen molar-refractivity contribution in [1.29, 1.82) is 0 Å². The van der Waals surface area contributed by atoms with Gasteiger partial charge in [0.1, 0.15) is 0 Å². The molecule has 3 aromatic carbocycles. The van der Waals surface area contributed by atoms with E-state index in [1.807, 2.05) is 66.6 Å². The number of pyridine rings is 1. The molecule has 4 aromatic rings. The molecule has 0 saturated carbocycles. The second-order valence-electron chi connectivity index (χ2n) is 12.0. The number of sulfone groups is 2. The van der Waals surface area contributed by atoms with Crippen LogP contribution in [0.15, 0.2) is 83.9 Å². The molecule has 230 valence electrons. The Bertz CT molecular complexity index is 1980. The number of likely N-dealkylation sites (N-methyl/N-ethyl adjacent to an activating group) is 1. The van der Waals surface area contributed by atoms with E-state index in [1.165, 1.54) is 18.4 Å². The number of aromatic nitrogens is 1. The highest BCUT2D eigenvalue weighted by atomic mass is 32.2. The molecule has 1 aliphatic rings. The fraction of sp³-hybridized carbons (Fsp3) is 0.294. The predicted octanol–water partition coefficient (Wildman–Crippen LogP) is 4.90. The molecule has 0 radical (unpaired) electrons. The zero-order valence-electron chi connectivity index (χ0n) is 25.6. The first-order valence-electron chi connectivity index (χ1n) is 14.3. The molecular weight excluding hydrogens is 595 g/mol. The standard InChI is InChI=1S/C34H37N3O5S2/c1-34(2,44(5,41)42)28-22-27-10-7-15-35-32(27)30(23-28)26-9-6-8-24(20-26)21-31(33(38)37-18-16-36(3)17-19-37)25-11-13-29(14-12-25)43(4,39)40/h6-15,20-23H,16-19H2,1-5H3. The van der Waals surface area contributed by atoms with Crippen LogP contribution in [0.3, 0.4) is 0 Å². The minimum atomic E-state index is -3.43. The molecule has 0 bridgehead atoms. The second-order valence-corrected chi connectivity index (χ2v) is 16.5. The smallest absolute Gasteiger partial charge is 0.254 e. The van der Waals surface area contributed by atoms with Crippen LogP contribution < -0.4 is 0 Å². The lowest BCUT2D eigenvalue weighted by Gasteiger charge is -2.33. The van der Waals surface area contributed by atoms with Crippen molar-refractivity contribution in [3.8, 4) is 11.1 Å². The number of benzene rings is 3. The SMILES string of the molecule is CN1CCN(C(=O)C(=Cc2cccc(-c3cc(C(C)(C)S(C)(=O)=O)cc4cccnc34)c2)c2ccc(S(C)(=O)=O)cc2)CC1. The maximum absolute atomic E-state index is 13.9. The highest BCUT2D eigenvalue weighted by Gasteiger charge is 2.33. The molecule has 2 heterocycles. The third-order valence-electron chi connectivity index (χ3n) is 8.45. The van der Waals surface area contributed by atoms with Crippen molar-refractivity contribution in [3.63, 3.8) is 0 Å². The van der Waals surface area contributed by atoms with Crippen LogP contribution in [0.1, 0.15) is 30.5 Å². The summed E-state index contributed by atoms with van der Waals surface area (Å²) in [5.41, 5.74) is 4.86. The molecule has 0 N–H and O–H groups in total. The van der Waals surface area contributed by atoms with E-state index in [4.69, 9.17) is 0 Å². The maximum Gasteiger partial charge on any atom is 0.254 e. The van der Waals surface area contributed by atoms with Crippen LogP contribution in [0.4, 0.5) is 0 Å². The Labute approximate surface area is 259 Å². The van der Waals surface area contributed by atoms with E-state index in [9.17, 15) is 21.6 Å². The Morgan fingerprint density at radius 2 is 1.55 bits per heavy atom. The van der Waals surface area contributed by atoms with Gasteiger partial charge in [0.15, 0.2) is 19.7 Å². The average molecular weight is 632 g/mol. The monoisotopic (exact) mass is 631 g/mol. The zero-order valence-corrected chi connectivity index (χ0v) is 27.2. The molecule has 44 heavy (non-hydrogen) atoms. The molecule has 0 atom stereocenters. The van der Waals surface area contributed by atoms with Crippen molar-refractivity contribution < 1.29 is 21.6 Å². The quantitative estimate of drug-likeness (QED) is 0.211. The number of nitrogens with zero attached hydrogens (tertiary/aromatic N) is 3. The lowest BCUT2D eigenvalue weighted by atomic mass is 9.92. The summed E-state index contributed by atoms with van der Waals surface area (Å²) in [6.07, 6.45) is 5.95. The summed E-state index contributed by atoms with van der Waals surface area (Å²) in [5.74, 6) is -0.125. The van der Waals surface area contributed by atoms with Gasteiger partial charge < -0.3 is 9.80 Å². The largest absolute Gasteiger partial charge is 0.336 e. The lowest BCUT2D eigenvalue weighted by Crippen LogP contribution is -2.47. The van der Waals surface area contributed by atoms with Crippen LogP contribution in [-0.4, -0.2) is 83.3 Å². The number of piperazine rings is 1. The fourth-order valence-electron chi connectivity index (χ4n) is 5.27. The third kappa shape index (κ3) is 6.47. The molecule has 1 aromatic heterocycles. The van der Waals surface area contributed by atoms with Gasteiger partial charge in [-0.2, -0.15) is 0 Å². The van der Waals surface area contributed by atoms with E-state index in [2.05, 4.69) is 9.88 Å². The number of hydrogen-bond acceptors (Lipinski definition) is 7. The molecule has 5 rings (SSSR count). The molecule has 1 saturated heterocycles. The van der Waals surface area contributed by atoms with Crippen LogP contribution in [0.5, 0.6) is 0 Å². The van der Waals surface area contributed by atoms with Crippen molar-refractivity contribution in [3.05, 3.63) is 95.7 Å². The highest BCUT2D eigenvalue weighted by Crippen LogP contribution is 2.37. The van der Waals surface area contributed by atoms with E-state index in [0.717, 1.165) is 46.9 Å². The van der Waals surface area contributed by atoms with Crippen LogP contribution in [-0.2, 0) is 29.2 Å². The van der Waals surface area contributed by atoms with Gasteiger partial charge in [-0.3, -0.25) is 9.78 Å². The minimum Gasteiger partial charge on any atom is -0.336 e. The summed E-state index contributed by atoms with van der Waals surface area (Å²) in [6.45, 7) is 6.12. The van der Waals surface area contributed by atoms with Gasteiger partial charge in [-0.25, -0.2) is 16.8 Å². The van der Waals surface area contributed by atoms with E-state index in [1.54, 1.807) is 32.2 Å². The van der Waals surface area contributed by atoms with Crippen molar-refractivity contribution >= 4 is 48.1 Å². The third-order valence-corrected chi connectivity index (χ3v) is 11.7. The molecule has 0 unspecified atom stereocenters. The average Bonchev–Trinajstić information content (AvgIpc) is 2.98. The summed E-state index contributed by atoms with van der Waals surface area (Å²) >= 11 is 0. The number of carbonyl (C=O) groups is 1. The van der Waals surface area contributed by atoms with E-state index < -0.39 is 24.4 Å². The van der Waals surface area contributed by atoms with Crippen molar-refractivity contribution in [2.75, 3.05) is 45.7 Å². The van der Waals surface area contributed by atoms with Gasteiger partial charge in [0.05, 0.1) is 15.2 Å². The lowest BCUT2D eigenvalue weighted by molar-refractivity contribution is -0.126. The Balaban J connectivity index is 1.64. The topological polar surface area (TPSA) is 105 Å². The zero-order chi connectivity index (χ0) is 31.9. The van der Waals surface area contributed by atoms with Gasteiger partial charge in [0, 0.05) is 61.4 Å². The normalized spacial score (nSPS) is 15.5. The molecule has 10 heteroatoms. The minimum absolute atomic E-state index is 0.125. The fourth-order valence-corrected chi connectivity index (χ4v) is 6.44. The number of amides is 1. The Kier molecular flexibility index (Phi) is 8.54. The molecule has 1 fully saturated rings. The highest BCUT2D eigenvalue weighted by molar-refractivity contribution is 7.91. The summed E-state index contributed by atoms with van der Waals surface area (Å²) in [4.78, 5) is 22.7. The Morgan fingerprint density at radius 1 is 0.864 bits per heavy atom. The van der Waals surface area contributed by atoms with Crippen LogP contribution >= 0.6 is 0 Å². The molecular formula is C34H37N3O5S2. The summed E-state index contributed by atoms with van der Waals surface area (Å²) < 4.78 is 48.5. The van der Waals surface area contributed by atoms with Crippen LogP contribution in [0.2, 0.25) is 0 Å². The Hall–Kier alpha value is -3.86. The van der Waals surface area contributed by atoms with Gasteiger partial charge in [-0.15, -0.1) is 0 Å². The van der Waals surface area contributed by atoms with Crippen molar-refractivity contribution in [2.24, 2.45) is 0 Å². The van der Waals surface area contributed by atoms with Crippen molar-refractivity contribution in [2.45, 2.75) is 23.5 Å². The first kappa shape index (κ1) is 31.6. The van der Waals surface area contributed by atoms with Gasteiger partial charge in [-0.1, -0.05) is 36.4 Å². The van der Waals surface area contributed by atoms with Crippen molar-refractivity contribution in [1.82, 2.24) is 14.8 Å². The van der Waals surface area contributed by atoms with E-state index in [-0.39, 0.29) is 10.8 Å². The Morgan fingerprint density at radius 3 is 2.18 bits per heavy atom. The number of rotatable bonds is 7. The molecule has 1 aliphatic heterocycles. The molecule has 1 amide bonds.